The summed E-state index contributed by atoms with van der Waals surface area (Å²) in [7, 11) is 1.65. The number of hydrogen-bond donors (Lipinski definition) is 1. The molecule has 0 radical (unpaired) electrons. The average molecular weight is 307 g/mol. The molecule has 1 amide bonds. The van der Waals surface area contributed by atoms with Gasteiger partial charge in [-0.15, -0.1) is 0 Å². The van der Waals surface area contributed by atoms with Gasteiger partial charge in [0.1, 0.15) is 5.82 Å². The molecule has 2 rings (SSSR count). The minimum atomic E-state index is -0.431. The standard InChI is InChI=1S/C16H16ClFN2O/c1-10-3-4-12(18)8-14(10)16(21)20(2)9-11-7-13(19)5-6-15(11)17/h3-8H,9,19H2,1-2H3. The highest BCUT2D eigenvalue weighted by Gasteiger charge is 2.16. The molecule has 2 aromatic carbocycles. The van der Waals surface area contributed by atoms with Crippen molar-refractivity contribution in [1.82, 2.24) is 4.90 Å². The molecular weight excluding hydrogens is 291 g/mol. The molecule has 5 heteroatoms. The number of anilines is 1. The minimum absolute atomic E-state index is 0.259. The Kier molecular flexibility index (Phi) is 4.48. The van der Waals surface area contributed by atoms with Gasteiger partial charge in [0, 0.05) is 29.9 Å². The monoisotopic (exact) mass is 306 g/mol. The van der Waals surface area contributed by atoms with E-state index >= 15 is 0 Å². The van der Waals surface area contributed by atoms with Crippen LogP contribution in [0.5, 0.6) is 0 Å². The van der Waals surface area contributed by atoms with Crippen LogP contribution >= 0.6 is 11.6 Å². The van der Waals surface area contributed by atoms with Crippen LogP contribution in [0.4, 0.5) is 10.1 Å². The lowest BCUT2D eigenvalue weighted by Gasteiger charge is -2.19. The summed E-state index contributed by atoms with van der Waals surface area (Å²) in [5.41, 5.74) is 8.13. The van der Waals surface area contributed by atoms with Crippen LogP contribution in [0.25, 0.3) is 0 Å². The lowest BCUT2D eigenvalue weighted by molar-refractivity contribution is 0.0784. The van der Waals surface area contributed by atoms with Gasteiger partial charge in [-0.1, -0.05) is 17.7 Å². The SMILES string of the molecule is Cc1ccc(F)cc1C(=O)N(C)Cc1cc(N)ccc1Cl. The summed E-state index contributed by atoms with van der Waals surface area (Å²) in [6.45, 7) is 2.08. The fourth-order valence-electron chi connectivity index (χ4n) is 2.07. The highest BCUT2D eigenvalue weighted by atomic mass is 35.5. The Morgan fingerprint density at radius 1 is 1.29 bits per heavy atom. The van der Waals surface area contributed by atoms with Crippen LogP contribution in [0.3, 0.4) is 0 Å². The number of rotatable bonds is 3. The summed E-state index contributed by atoms with van der Waals surface area (Å²) in [6.07, 6.45) is 0. The second-order valence-electron chi connectivity index (χ2n) is 4.97. The average Bonchev–Trinajstić information content (AvgIpc) is 2.44. The first-order valence-corrected chi connectivity index (χ1v) is 6.82. The normalized spacial score (nSPS) is 10.5. The van der Waals surface area contributed by atoms with Crippen molar-refractivity contribution in [2.24, 2.45) is 0 Å². The van der Waals surface area contributed by atoms with Gasteiger partial charge in [-0.05, 0) is 48.4 Å². The predicted molar refractivity (Wildman–Crippen MR) is 82.8 cm³/mol. The topological polar surface area (TPSA) is 46.3 Å². The molecule has 0 saturated heterocycles. The molecule has 3 nitrogen and oxygen atoms in total. The van der Waals surface area contributed by atoms with Crippen LogP contribution in [-0.4, -0.2) is 17.9 Å². The molecule has 0 aliphatic rings. The third-order valence-corrected chi connectivity index (χ3v) is 3.62. The smallest absolute Gasteiger partial charge is 0.254 e. The van der Waals surface area contributed by atoms with Gasteiger partial charge in [-0.2, -0.15) is 0 Å². The minimum Gasteiger partial charge on any atom is -0.399 e. The molecule has 0 atom stereocenters. The van der Waals surface area contributed by atoms with Crippen molar-refractivity contribution >= 4 is 23.2 Å². The Balaban J connectivity index is 2.23. The Morgan fingerprint density at radius 2 is 2.00 bits per heavy atom. The number of halogens is 2. The van der Waals surface area contributed by atoms with Crippen molar-refractivity contribution in [3.05, 3.63) is 63.9 Å². The van der Waals surface area contributed by atoms with Crippen molar-refractivity contribution < 1.29 is 9.18 Å². The van der Waals surface area contributed by atoms with Gasteiger partial charge in [0.15, 0.2) is 0 Å². The van der Waals surface area contributed by atoms with E-state index in [9.17, 15) is 9.18 Å². The number of aryl methyl sites for hydroxylation is 1. The third-order valence-electron chi connectivity index (χ3n) is 3.25. The zero-order valence-electron chi connectivity index (χ0n) is 11.9. The second-order valence-corrected chi connectivity index (χ2v) is 5.38. The van der Waals surface area contributed by atoms with Crippen molar-refractivity contribution in [3.63, 3.8) is 0 Å². The number of nitrogens with two attached hydrogens (primary N) is 1. The summed E-state index contributed by atoms with van der Waals surface area (Å²) >= 11 is 6.09. The van der Waals surface area contributed by atoms with Crippen LogP contribution in [0.2, 0.25) is 5.02 Å². The van der Waals surface area contributed by atoms with Gasteiger partial charge in [-0.3, -0.25) is 4.79 Å². The molecule has 0 saturated carbocycles. The molecule has 0 aromatic heterocycles. The zero-order chi connectivity index (χ0) is 15.6. The van der Waals surface area contributed by atoms with Crippen molar-refractivity contribution in [2.45, 2.75) is 13.5 Å². The number of carbonyl (C=O) groups excluding carboxylic acids is 1. The second kappa shape index (κ2) is 6.14. The summed E-state index contributed by atoms with van der Waals surface area (Å²) in [6, 6.07) is 9.28. The van der Waals surface area contributed by atoms with E-state index in [0.29, 0.717) is 22.8 Å². The van der Waals surface area contributed by atoms with E-state index in [-0.39, 0.29) is 5.91 Å². The fourth-order valence-corrected chi connectivity index (χ4v) is 2.25. The van der Waals surface area contributed by atoms with Gasteiger partial charge in [0.05, 0.1) is 0 Å². The number of nitrogens with zero attached hydrogens (tertiary/aromatic N) is 1. The molecule has 110 valence electrons. The van der Waals surface area contributed by atoms with Crippen LogP contribution in [0.1, 0.15) is 21.5 Å². The van der Waals surface area contributed by atoms with E-state index in [1.165, 1.54) is 17.0 Å². The molecule has 0 fully saturated rings. The summed E-state index contributed by atoms with van der Waals surface area (Å²) in [5.74, 6) is -0.690. The Labute approximate surface area is 128 Å². The van der Waals surface area contributed by atoms with E-state index in [2.05, 4.69) is 0 Å². The molecule has 21 heavy (non-hydrogen) atoms. The quantitative estimate of drug-likeness (QED) is 0.880. The lowest BCUT2D eigenvalue weighted by atomic mass is 10.1. The van der Waals surface area contributed by atoms with E-state index < -0.39 is 5.82 Å². The summed E-state index contributed by atoms with van der Waals surface area (Å²) in [5, 5.41) is 0.541. The Morgan fingerprint density at radius 3 is 2.71 bits per heavy atom. The predicted octanol–water partition coefficient (Wildman–Crippen LogP) is 3.64. The van der Waals surface area contributed by atoms with E-state index in [4.69, 9.17) is 17.3 Å². The lowest BCUT2D eigenvalue weighted by Crippen LogP contribution is -2.27. The molecule has 0 spiro atoms. The van der Waals surface area contributed by atoms with Gasteiger partial charge in [-0.25, -0.2) is 4.39 Å². The molecule has 2 aromatic rings. The highest BCUT2D eigenvalue weighted by molar-refractivity contribution is 6.31. The molecule has 0 aliphatic carbocycles. The van der Waals surface area contributed by atoms with Crippen LogP contribution in [0.15, 0.2) is 36.4 Å². The van der Waals surface area contributed by atoms with Crippen LogP contribution in [-0.2, 0) is 6.54 Å². The molecule has 0 aliphatic heterocycles. The number of benzene rings is 2. The Hall–Kier alpha value is -2.07. The number of hydrogen-bond acceptors (Lipinski definition) is 2. The van der Waals surface area contributed by atoms with Crippen LogP contribution in [0, 0.1) is 12.7 Å². The van der Waals surface area contributed by atoms with Gasteiger partial charge in [0.25, 0.3) is 5.91 Å². The van der Waals surface area contributed by atoms with Crippen molar-refractivity contribution in [1.29, 1.82) is 0 Å². The maximum Gasteiger partial charge on any atom is 0.254 e. The van der Waals surface area contributed by atoms with E-state index in [1.807, 2.05) is 0 Å². The maximum atomic E-state index is 13.3. The molecule has 0 bridgehead atoms. The molecule has 0 unspecified atom stereocenters. The number of amides is 1. The first-order chi connectivity index (χ1) is 9.88. The first-order valence-electron chi connectivity index (χ1n) is 6.44. The summed E-state index contributed by atoms with van der Waals surface area (Å²) in [4.78, 5) is 13.9. The maximum absolute atomic E-state index is 13.3. The molecule has 0 heterocycles. The van der Waals surface area contributed by atoms with Crippen LogP contribution < -0.4 is 5.73 Å². The van der Waals surface area contributed by atoms with Gasteiger partial charge in [0.2, 0.25) is 0 Å². The highest BCUT2D eigenvalue weighted by Crippen LogP contribution is 2.21. The summed E-state index contributed by atoms with van der Waals surface area (Å²) < 4.78 is 13.3. The number of carbonyl (C=O) groups is 1. The molecular formula is C16H16ClFN2O. The Bertz CT molecular complexity index is 688. The first kappa shape index (κ1) is 15.3. The largest absolute Gasteiger partial charge is 0.399 e. The molecule has 2 N–H and O–H groups in total. The van der Waals surface area contributed by atoms with Gasteiger partial charge < -0.3 is 10.6 Å². The van der Waals surface area contributed by atoms with Crippen molar-refractivity contribution in [2.75, 3.05) is 12.8 Å². The fraction of sp³-hybridized carbons (Fsp3) is 0.188. The van der Waals surface area contributed by atoms with Crippen molar-refractivity contribution in [3.8, 4) is 0 Å². The van der Waals surface area contributed by atoms with E-state index in [0.717, 1.165) is 11.1 Å². The third kappa shape index (κ3) is 3.52. The number of nitrogen functional groups attached to an aromatic ring is 1. The van der Waals surface area contributed by atoms with Gasteiger partial charge >= 0.3 is 0 Å². The van der Waals surface area contributed by atoms with E-state index in [1.54, 1.807) is 38.2 Å². The zero-order valence-corrected chi connectivity index (χ0v) is 12.6.